The molecule has 3 aromatic heterocycles. The zero-order chi connectivity index (χ0) is 15.1. The molecule has 0 unspecified atom stereocenters. The van der Waals surface area contributed by atoms with Crippen molar-refractivity contribution < 1.29 is 4.42 Å². The van der Waals surface area contributed by atoms with Gasteiger partial charge in [0.25, 0.3) is 0 Å². The first-order valence-electron chi connectivity index (χ1n) is 7.09. The fourth-order valence-corrected chi connectivity index (χ4v) is 3.74. The predicted molar refractivity (Wildman–Crippen MR) is 90.0 cm³/mol. The summed E-state index contributed by atoms with van der Waals surface area (Å²) in [6.45, 7) is 4.01. The van der Waals surface area contributed by atoms with Gasteiger partial charge in [-0.25, -0.2) is 9.97 Å². The number of nitrogens with zero attached hydrogens (tertiary/aromatic N) is 2. The summed E-state index contributed by atoms with van der Waals surface area (Å²) in [4.78, 5) is 11.0. The molecule has 0 radical (unpaired) electrons. The Morgan fingerprint density at radius 2 is 1.86 bits per heavy atom. The highest BCUT2D eigenvalue weighted by Gasteiger charge is 2.18. The summed E-state index contributed by atoms with van der Waals surface area (Å²) in [5.41, 5.74) is 3.56. The molecule has 4 heteroatoms. The Kier molecular flexibility index (Phi) is 3.05. The number of furan rings is 1. The molecule has 0 amide bonds. The highest BCUT2D eigenvalue weighted by atomic mass is 32.1. The van der Waals surface area contributed by atoms with Gasteiger partial charge in [0.1, 0.15) is 16.4 Å². The third-order valence-electron chi connectivity index (χ3n) is 3.65. The van der Waals surface area contributed by atoms with Gasteiger partial charge in [-0.1, -0.05) is 29.8 Å². The molecule has 22 heavy (non-hydrogen) atoms. The van der Waals surface area contributed by atoms with Crippen LogP contribution in [0.3, 0.4) is 0 Å². The number of hydrogen-bond acceptors (Lipinski definition) is 4. The van der Waals surface area contributed by atoms with Gasteiger partial charge in [-0.15, -0.1) is 11.3 Å². The summed E-state index contributed by atoms with van der Waals surface area (Å²) in [5, 5.41) is 1.07. The van der Waals surface area contributed by atoms with Crippen molar-refractivity contribution in [1.29, 1.82) is 0 Å². The number of aryl methyl sites for hydroxylation is 2. The van der Waals surface area contributed by atoms with Gasteiger partial charge < -0.3 is 4.42 Å². The van der Waals surface area contributed by atoms with Crippen LogP contribution in [0.5, 0.6) is 0 Å². The van der Waals surface area contributed by atoms with Crippen molar-refractivity contribution in [2.24, 2.45) is 0 Å². The minimum Gasteiger partial charge on any atom is -0.463 e. The van der Waals surface area contributed by atoms with Crippen molar-refractivity contribution in [1.82, 2.24) is 9.97 Å². The summed E-state index contributed by atoms with van der Waals surface area (Å²) in [6, 6.07) is 12.4. The van der Waals surface area contributed by atoms with E-state index in [4.69, 9.17) is 4.42 Å². The summed E-state index contributed by atoms with van der Waals surface area (Å²) >= 11 is 1.65. The van der Waals surface area contributed by atoms with Gasteiger partial charge in [-0.05, 0) is 31.5 Å². The van der Waals surface area contributed by atoms with Crippen molar-refractivity contribution >= 4 is 21.6 Å². The third-order valence-corrected chi connectivity index (χ3v) is 4.77. The van der Waals surface area contributed by atoms with Crippen molar-refractivity contribution in [3.05, 3.63) is 60.2 Å². The standard InChI is InChI=1S/C18H14N2OS/c1-11-5-7-13(8-6-11)16-14-10-19-12(2)20-18(14)22-17(16)15-4-3-9-21-15/h3-10H,1-2H3. The molecule has 1 aromatic carbocycles. The van der Waals surface area contributed by atoms with Gasteiger partial charge in [0.05, 0.1) is 11.1 Å². The number of hydrogen-bond donors (Lipinski definition) is 0. The second-order valence-corrected chi connectivity index (χ2v) is 6.28. The van der Waals surface area contributed by atoms with Crippen LogP contribution < -0.4 is 0 Å². The van der Waals surface area contributed by atoms with Crippen LogP contribution in [0.1, 0.15) is 11.4 Å². The van der Waals surface area contributed by atoms with E-state index in [0.29, 0.717) is 0 Å². The van der Waals surface area contributed by atoms with E-state index in [0.717, 1.165) is 37.8 Å². The number of thiophene rings is 1. The molecule has 0 fully saturated rings. The molecule has 3 heterocycles. The van der Waals surface area contributed by atoms with Crippen LogP contribution >= 0.6 is 11.3 Å². The molecular weight excluding hydrogens is 292 g/mol. The maximum absolute atomic E-state index is 5.63. The first kappa shape index (κ1) is 13.2. The SMILES string of the molecule is Cc1ccc(-c2c(-c3ccco3)sc3nc(C)ncc23)cc1. The van der Waals surface area contributed by atoms with E-state index in [-0.39, 0.29) is 0 Å². The minimum atomic E-state index is 0.787. The Bertz CT molecular complexity index is 937. The van der Waals surface area contributed by atoms with E-state index in [1.165, 1.54) is 5.56 Å². The maximum atomic E-state index is 5.63. The second-order valence-electron chi connectivity index (χ2n) is 5.29. The van der Waals surface area contributed by atoms with Crippen molar-refractivity contribution in [3.63, 3.8) is 0 Å². The molecule has 0 N–H and O–H groups in total. The average molecular weight is 306 g/mol. The number of fused-ring (bicyclic) bond motifs is 1. The predicted octanol–water partition coefficient (Wildman–Crippen LogP) is 5.24. The second kappa shape index (κ2) is 5.07. The molecule has 4 aromatic rings. The molecule has 0 spiro atoms. The topological polar surface area (TPSA) is 38.9 Å². The van der Waals surface area contributed by atoms with Gasteiger partial charge >= 0.3 is 0 Å². The lowest BCUT2D eigenvalue weighted by atomic mass is 10.0. The fraction of sp³-hybridized carbons (Fsp3) is 0.111. The Hall–Kier alpha value is -2.46. The van der Waals surface area contributed by atoms with Crippen LogP contribution in [0.4, 0.5) is 0 Å². The van der Waals surface area contributed by atoms with Crippen LogP contribution in [0.15, 0.2) is 53.3 Å². The van der Waals surface area contributed by atoms with E-state index in [1.54, 1.807) is 17.6 Å². The molecular formula is C18H14N2OS. The Morgan fingerprint density at radius 1 is 1.05 bits per heavy atom. The lowest BCUT2D eigenvalue weighted by molar-refractivity contribution is 0.584. The van der Waals surface area contributed by atoms with Crippen LogP contribution in [0.2, 0.25) is 0 Å². The number of benzene rings is 1. The molecule has 0 aliphatic rings. The van der Waals surface area contributed by atoms with Crippen LogP contribution in [0.25, 0.3) is 32.0 Å². The van der Waals surface area contributed by atoms with E-state index in [1.807, 2.05) is 25.3 Å². The van der Waals surface area contributed by atoms with Gasteiger partial charge in [-0.3, -0.25) is 0 Å². The number of aromatic nitrogens is 2. The lowest BCUT2D eigenvalue weighted by Gasteiger charge is -2.04. The summed E-state index contributed by atoms with van der Waals surface area (Å²) in [5.74, 6) is 1.66. The molecule has 108 valence electrons. The van der Waals surface area contributed by atoms with Gasteiger partial charge in [0, 0.05) is 17.1 Å². The smallest absolute Gasteiger partial charge is 0.144 e. The van der Waals surface area contributed by atoms with Gasteiger partial charge in [-0.2, -0.15) is 0 Å². The number of rotatable bonds is 2. The van der Waals surface area contributed by atoms with Gasteiger partial charge in [0.15, 0.2) is 0 Å². The Balaban J connectivity index is 2.05. The van der Waals surface area contributed by atoms with E-state index in [2.05, 4.69) is 41.2 Å². The third kappa shape index (κ3) is 2.12. The summed E-state index contributed by atoms with van der Waals surface area (Å²) < 4.78 is 5.63. The molecule has 0 bridgehead atoms. The molecule has 4 rings (SSSR count). The molecule has 3 nitrogen and oxygen atoms in total. The Morgan fingerprint density at radius 3 is 2.59 bits per heavy atom. The molecule has 0 saturated heterocycles. The zero-order valence-corrected chi connectivity index (χ0v) is 13.1. The van der Waals surface area contributed by atoms with E-state index < -0.39 is 0 Å². The van der Waals surface area contributed by atoms with Gasteiger partial charge in [0.2, 0.25) is 0 Å². The van der Waals surface area contributed by atoms with E-state index >= 15 is 0 Å². The largest absolute Gasteiger partial charge is 0.463 e. The molecule has 0 aliphatic heterocycles. The molecule has 0 saturated carbocycles. The molecule has 0 atom stereocenters. The normalized spacial score (nSPS) is 11.2. The van der Waals surface area contributed by atoms with Crippen molar-refractivity contribution in [2.45, 2.75) is 13.8 Å². The maximum Gasteiger partial charge on any atom is 0.144 e. The average Bonchev–Trinajstić information content (AvgIpc) is 3.14. The summed E-state index contributed by atoms with van der Waals surface area (Å²) in [6.07, 6.45) is 3.62. The van der Waals surface area contributed by atoms with E-state index in [9.17, 15) is 0 Å². The summed E-state index contributed by atoms with van der Waals surface area (Å²) in [7, 11) is 0. The van der Waals surface area contributed by atoms with Crippen molar-refractivity contribution in [2.75, 3.05) is 0 Å². The fourth-order valence-electron chi connectivity index (χ4n) is 2.56. The molecule has 0 aliphatic carbocycles. The highest BCUT2D eigenvalue weighted by molar-refractivity contribution is 7.22. The van der Waals surface area contributed by atoms with Crippen molar-refractivity contribution in [3.8, 4) is 21.8 Å². The monoisotopic (exact) mass is 306 g/mol. The van der Waals surface area contributed by atoms with Crippen LogP contribution in [-0.4, -0.2) is 9.97 Å². The minimum absolute atomic E-state index is 0.787. The zero-order valence-electron chi connectivity index (χ0n) is 12.3. The Labute approximate surface area is 132 Å². The van der Waals surface area contributed by atoms with Crippen LogP contribution in [-0.2, 0) is 0 Å². The first-order valence-corrected chi connectivity index (χ1v) is 7.91. The quantitative estimate of drug-likeness (QED) is 0.508. The lowest BCUT2D eigenvalue weighted by Crippen LogP contribution is -1.85. The highest BCUT2D eigenvalue weighted by Crippen LogP contribution is 2.43. The van der Waals surface area contributed by atoms with Crippen LogP contribution in [0, 0.1) is 13.8 Å². The first-order chi connectivity index (χ1) is 10.7.